The van der Waals surface area contributed by atoms with Crippen molar-refractivity contribution in [3.63, 3.8) is 0 Å². The summed E-state index contributed by atoms with van der Waals surface area (Å²) in [5.41, 5.74) is 7.73. The van der Waals surface area contributed by atoms with E-state index in [-0.39, 0.29) is 0 Å². The number of nitrogens with zero attached hydrogens (tertiary/aromatic N) is 1. The first-order valence-electron chi connectivity index (χ1n) is 12.6. The molecule has 2 aromatic rings. The van der Waals surface area contributed by atoms with Crippen molar-refractivity contribution in [1.29, 1.82) is 0 Å². The molecule has 2 aliphatic rings. The number of hydrogen-bond acceptors (Lipinski definition) is 5. The summed E-state index contributed by atoms with van der Waals surface area (Å²) in [5, 5.41) is 5.04. The smallest absolute Gasteiger partial charge is 0.389 e. The summed E-state index contributed by atoms with van der Waals surface area (Å²) >= 11 is 0. The molecule has 1 aliphatic heterocycles. The van der Waals surface area contributed by atoms with Gasteiger partial charge in [0.1, 0.15) is 5.75 Å². The number of alkyl halides is 3. The van der Waals surface area contributed by atoms with E-state index in [0.717, 1.165) is 5.41 Å². The zero-order chi connectivity index (χ0) is 28.8. The van der Waals surface area contributed by atoms with Gasteiger partial charge in [0.15, 0.2) is 0 Å². The number of anilines is 1. The number of primary amides is 1. The number of aliphatic imine (C=N–C) groups is 1. The van der Waals surface area contributed by atoms with Crippen LogP contribution >= 0.6 is 0 Å². The van der Waals surface area contributed by atoms with Crippen LogP contribution in [0.5, 0.6) is 5.75 Å². The number of hydrogen-bond donors (Lipinski definition) is 3. The Morgan fingerprint density at radius 3 is 2.33 bits per heavy atom. The number of nitrogens with one attached hydrogen (secondary N) is 2. The summed E-state index contributed by atoms with van der Waals surface area (Å²) < 4.78 is 43.5. The highest BCUT2D eigenvalue weighted by Crippen LogP contribution is 2.43. The highest BCUT2D eigenvalue weighted by molar-refractivity contribution is 6.20. The Balaban J connectivity index is 0.000000753. The lowest BCUT2D eigenvalue weighted by atomic mass is 9.97. The van der Waals surface area contributed by atoms with Gasteiger partial charge in [-0.25, -0.2) is 4.99 Å². The lowest BCUT2D eigenvalue weighted by molar-refractivity contribution is -0.143. The first-order valence-corrected chi connectivity index (χ1v) is 12.6. The molecule has 2 aromatic carbocycles. The summed E-state index contributed by atoms with van der Waals surface area (Å²) in [6, 6.07) is 13.9. The van der Waals surface area contributed by atoms with E-state index in [4.69, 9.17) is 10.5 Å². The predicted molar refractivity (Wildman–Crippen MR) is 141 cm³/mol. The van der Waals surface area contributed by atoms with E-state index < -0.39 is 55.2 Å². The Morgan fingerprint density at radius 2 is 1.79 bits per heavy atom. The van der Waals surface area contributed by atoms with E-state index >= 15 is 0 Å². The molecule has 39 heavy (non-hydrogen) atoms. The van der Waals surface area contributed by atoms with Gasteiger partial charge in [0.25, 0.3) is 5.91 Å². The van der Waals surface area contributed by atoms with Gasteiger partial charge >= 0.3 is 6.18 Å². The Hall–Kier alpha value is -3.89. The van der Waals surface area contributed by atoms with Gasteiger partial charge in [-0.15, -0.1) is 0 Å². The van der Waals surface area contributed by atoms with Gasteiger partial charge in [-0.3, -0.25) is 14.4 Å². The molecule has 0 saturated heterocycles. The van der Waals surface area contributed by atoms with Crippen molar-refractivity contribution in [3.8, 4) is 5.75 Å². The van der Waals surface area contributed by atoms with E-state index in [1.54, 1.807) is 48.5 Å². The molecular weight excluding hydrogens is 513 g/mol. The second kappa shape index (κ2) is 12.3. The molecule has 11 heteroatoms. The number of fused-ring (bicyclic) bond motifs is 1. The van der Waals surface area contributed by atoms with Gasteiger partial charge in [0, 0.05) is 29.9 Å². The van der Waals surface area contributed by atoms with Gasteiger partial charge < -0.3 is 21.1 Å². The number of methoxy groups -OCH3 is 1. The average Bonchev–Trinajstić information content (AvgIpc) is 3.60. The van der Waals surface area contributed by atoms with E-state index in [2.05, 4.69) is 29.5 Å². The second-order valence-corrected chi connectivity index (χ2v) is 10.3. The van der Waals surface area contributed by atoms with Crippen LogP contribution in [0.4, 0.5) is 18.9 Å². The number of nitrogens with two attached hydrogens (primary N) is 1. The quantitative estimate of drug-likeness (QED) is 0.449. The summed E-state index contributed by atoms with van der Waals surface area (Å²) in [6.07, 6.45) is -5.63. The van der Waals surface area contributed by atoms with Gasteiger partial charge in [0.05, 0.1) is 18.5 Å². The maximum atomic E-state index is 13.0. The number of para-hydroxylation sites is 1. The molecule has 0 bridgehead atoms. The van der Waals surface area contributed by atoms with Crippen LogP contribution in [0.3, 0.4) is 0 Å². The average molecular weight is 547 g/mol. The Kier molecular flexibility index (Phi) is 9.36. The van der Waals surface area contributed by atoms with Gasteiger partial charge in [0.2, 0.25) is 18.0 Å². The van der Waals surface area contributed by atoms with Crippen LogP contribution in [-0.4, -0.2) is 42.9 Å². The molecule has 4 rings (SSSR count). The van der Waals surface area contributed by atoms with E-state index in [1.165, 1.54) is 20.0 Å². The topological polar surface area (TPSA) is 123 Å². The molecule has 1 heterocycles. The number of ether oxygens (including phenoxy) is 1. The Bertz CT molecular complexity index is 1220. The molecule has 3 amide bonds. The summed E-state index contributed by atoms with van der Waals surface area (Å²) in [6.45, 7) is 4.60. The molecule has 0 aromatic heterocycles. The fourth-order valence-electron chi connectivity index (χ4n) is 3.81. The summed E-state index contributed by atoms with van der Waals surface area (Å²) in [7, 11) is 1.43. The zero-order valence-electron chi connectivity index (χ0n) is 22.1. The Morgan fingerprint density at radius 1 is 1.15 bits per heavy atom. The minimum absolute atomic E-state index is 0.333. The Labute approximate surface area is 225 Å². The van der Waals surface area contributed by atoms with E-state index in [1.807, 2.05) is 0 Å². The van der Waals surface area contributed by atoms with E-state index in [9.17, 15) is 27.6 Å². The summed E-state index contributed by atoms with van der Waals surface area (Å²) in [5.74, 6) is -3.60. The third-order valence-electron chi connectivity index (χ3n) is 6.43. The monoisotopic (exact) mass is 546 g/mol. The lowest BCUT2D eigenvalue weighted by Gasteiger charge is -2.19. The largest absolute Gasteiger partial charge is 0.495 e. The standard InChI is InChI=1S/C23H23F3N4O4.C5H10/c1-34-16-9-5-8-15-18(13-6-3-2-4-7-13)28-20(22(33)29-19(15)16)30-21(32)14(12-17(27)31)10-11-23(24,25)26;1-5(2)3-4-5/h2-9,14,20H,10-12H2,1H3,(H2,27,31)(H,29,33)(H,30,32);3-4H2,1-2H3. The van der Waals surface area contributed by atoms with Crippen LogP contribution in [0, 0.1) is 11.3 Å². The highest BCUT2D eigenvalue weighted by Gasteiger charge is 2.34. The number of carbonyl (C=O) groups excluding carboxylic acids is 3. The van der Waals surface area contributed by atoms with Crippen molar-refractivity contribution in [2.45, 2.75) is 58.3 Å². The molecule has 0 spiro atoms. The molecule has 8 nitrogen and oxygen atoms in total. The molecule has 1 aliphatic carbocycles. The first-order chi connectivity index (χ1) is 18.3. The van der Waals surface area contributed by atoms with Crippen molar-refractivity contribution >= 4 is 29.1 Å². The normalized spacial score (nSPS) is 18.2. The SMILES string of the molecule is CC1(C)CC1.COc1cccc2c1NC(=O)C(NC(=O)C(CCC(F)(F)F)CC(N)=O)N=C2c1ccccc1. The molecule has 1 fully saturated rings. The number of rotatable bonds is 8. The van der Waals surface area contributed by atoms with E-state index in [0.29, 0.717) is 28.3 Å². The summed E-state index contributed by atoms with van der Waals surface area (Å²) in [4.78, 5) is 41.5. The predicted octanol–water partition coefficient (Wildman–Crippen LogP) is 4.57. The second-order valence-electron chi connectivity index (χ2n) is 10.3. The molecular formula is C28H33F3N4O4. The fraction of sp³-hybridized carbons (Fsp3) is 0.429. The van der Waals surface area contributed by atoms with Crippen molar-refractivity contribution < 1.29 is 32.3 Å². The first kappa shape index (κ1) is 29.7. The number of amides is 3. The molecule has 4 N–H and O–H groups in total. The minimum Gasteiger partial charge on any atom is -0.495 e. The van der Waals surface area contributed by atoms with Crippen LogP contribution in [-0.2, 0) is 14.4 Å². The maximum absolute atomic E-state index is 13.0. The number of benzene rings is 2. The molecule has 210 valence electrons. The van der Waals surface area contributed by atoms with Crippen molar-refractivity contribution in [1.82, 2.24) is 5.32 Å². The number of benzodiazepines with no additional fused rings is 1. The van der Waals surface area contributed by atoms with Gasteiger partial charge in [-0.05, 0) is 30.7 Å². The van der Waals surface area contributed by atoms with Crippen LogP contribution < -0.4 is 21.1 Å². The lowest BCUT2D eigenvalue weighted by Crippen LogP contribution is -2.45. The molecule has 0 radical (unpaired) electrons. The minimum atomic E-state index is -4.52. The fourth-order valence-corrected chi connectivity index (χ4v) is 3.81. The molecule has 2 atom stereocenters. The van der Waals surface area contributed by atoms with Crippen LogP contribution in [0.1, 0.15) is 57.1 Å². The number of halogens is 3. The van der Waals surface area contributed by atoms with Crippen LogP contribution in [0.2, 0.25) is 0 Å². The molecule has 1 saturated carbocycles. The zero-order valence-corrected chi connectivity index (χ0v) is 22.1. The van der Waals surface area contributed by atoms with Crippen LogP contribution in [0.15, 0.2) is 53.5 Å². The maximum Gasteiger partial charge on any atom is 0.389 e. The highest BCUT2D eigenvalue weighted by atomic mass is 19.4. The molecule has 2 unspecified atom stereocenters. The van der Waals surface area contributed by atoms with Gasteiger partial charge in [-0.2, -0.15) is 13.2 Å². The van der Waals surface area contributed by atoms with Crippen molar-refractivity contribution in [2.24, 2.45) is 22.1 Å². The number of carbonyl (C=O) groups is 3. The third-order valence-corrected chi connectivity index (χ3v) is 6.43. The van der Waals surface area contributed by atoms with Crippen molar-refractivity contribution in [2.75, 3.05) is 12.4 Å². The third kappa shape index (κ3) is 8.83. The van der Waals surface area contributed by atoms with Crippen molar-refractivity contribution in [3.05, 3.63) is 59.7 Å². The van der Waals surface area contributed by atoms with Gasteiger partial charge in [-0.1, -0.05) is 56.3 Å². The van der Waals surface area contributed by atoms with Crippen LogP contribution in [0.25, 0.3) is 0 Å².